The molecule has 0 aliphatic rings. The van der Waals surface area contributed by atoms with Gasteiger partial charge in [0.15, 0.2) is 0 Å². The van der Waals surface area contributed by atoms with E-state index in [2.05, 4.69) is 0 Å². The highest BCUT2D eigenvalue weighted by molar-refractivity contribution is 5.73. The van der Waals surface area contributed by atoms with E-state index in [9.17, 15) is 4.79 Å². The van der Waals surface area contributed by atoms with E-state index in [1.807, 2.05) is 26.0 Å². The van der Waals surface area contributed by atoms with Crippen LogP contribution < -0.4 is 10.5 Å². The molecule has 0 amide bonds. The van der Waals surface area contributed by atoms with Crippen molar-refractivity contribution in [1.82, 2.24) is 0 Å². The second kappa shape index (κ2) is 4.79. The molecule has 0 aliphatic heterocycles. The minimum absolute atomic E-state index is 0.0143. The van der Waals surface area contributed by atoms with Gasteiger partial charge in [0.1, 0.15) is 18.4 Å². The fraction of sp³-hybridized carbons (Fsp3) is 0.364. The molecule has 4 heteroatoms. The Morgan fingerprint density at radius 1 is 1.53 bits per heavy atom. The number of ether oxygens (including phenoxy) is 1. The number of nitrogens with two attached hydrogens (primary N) is 1. The van der Waals surface area contributed by atoms with Gasteiger partial charge in [0, 0.05) is 0 Å². The van der Waals surface area contributed by atoms with Crippen LogP contribution in [0.25, 0.3) is 0 Å². The summed E-state index contributed by atoms with van der Waals surface area (Å²) in [6, 6.07) is 4.66. The van der Waals surface area contributed by atoms with Gasteiger partial charge in [-0.25, -0.2) is 0 Å². The maximum atomic E-state index is 10.5. The van der Waals surface area contributed by atoms with Crippen LogP contribution in [0.2, 0.25) is 0 Å². The summed E-state index contributed by atoms with van der Waals surface area (Å²) in [5, 5.41) is 8.58. The molecule has 4 nitrogen and oxygen atoms in total. The van der Waals surface area contributed by atoms with Gasteiger partial charge in [-0.15, -0.1) is 0 Å². The lowest BCUT2D eigenvalue weighted by Crippen LogP contribution is -2.36. The van der Waals surface area contributed by atoms with Gasteiger partial charge in [-0.3, -0.25) is 4.79 Å². The van der Waals surface area contributed by atoms with Gasteiger partial charge in [-0.2, -0.15) is 0 Å². The van der Waals surface area contributed by atoms with Crippen LogP contribution in [0, 0.1) is 13.8 Å². The highest BCUT2D eigenvalue weighted by atomic mass is 16.5. The zero-order valence-corrected chi connectivity index (χ0v) is 8.86. The third kappa shape index (κ3) is 2.95. The van der Waals surface area contributed by atoms with Gasteiger partial charge in [-0.1, -0.05) is 12.1 Å². The zero-order valence-electron chi connectivity index (χ0n) is 8.86. The molecular formula is C11H15NO3. The Morgan fingerprint density at radius 3 is 2.80 bits per heavy atom. The maximum Gasteiger partial charge on any atom is 0.324 e. The summed E-state index contributed by atoms with van der Waals surface area (Å²) in [5.74, 6) is -0.369. The smallest absolute Gasteiger partial charge is 0.324 e. The molecule has 0 saturated carbocycles. The minimum Gasteiger partial charge on any atom is -0.491 e. The first kappa shape index (κ1) is 11.5. The second-order valence-corrected chi connectivity index (χ2v) is 3.45. The molecular weight excluding hydrogens is 194 g/mol. The summed E-state index contributed by atoms with van der Waals surface area (Å²) in [7, 11) is 0. The van der Waals surface area contributed by atoms with Crippen LogP contribution in [0.1, 0.15) is 11.1 Å². The lowest BCUT2D eigenvalue weighted by atomic mass is 10.1. The van der Waals surface area contributed by atoms with Crippen molar-refractivity contribution >= 4 is 5.97 Å². The molecule has 0 heterocycles. The molecule has 0 spiro atoms. The van der Waals surface area contributed by atoms with Gasteiger partial charge < -0.3 is 15.6 Å². The first-order chi connectivity index (χ1) is 7.02. The predicted octanol–water partition coefficient (Wildman–Crippen LogP) is 1.09. The summed E-state index contributed by atoms with van der Waals surface area (Å²) < 4.78 is 5.33. The van der Waals surface area contributed by atoms with Crippen molar-refractivity contribution in [3.8, 4) is 5.75 Å². The average Bonchev–Trinajstić information content (AvgIpc) is 2.19. The molecule has 0 radical (unpaired) electrons. The standard InChI is InChI=1S/C11H15NO3/c1-7-4-3-5-10(8(7)2)15-6-9(12)11(13)14/h3-5,9H,6,12H2,1-2H3,(H,13,14). The van der Waals surface area contributed by atoms with Gasteiger partial charge in [0.05, 0.1) is 0 Å². The van der Waals surface area contributed by atoms with Crippen LogP contribution in [-0.2, 0) is 4.79 Å². The monoisotopic (exact) mass is 209 g/mol. The number of carboxylic acids is 1. The number of aryl methyl sites for hydroxylation is 1. The van der Waals surface area contributed by atoms with Crippen LogP contribution in [-0.4, -0.2) is 23.7 Å². The molecule has 1 aromatic rings. The second-order valence-electron chi connectivity index (χ2n) is 3.45. The SMILES string of the molecule is Cc1cccc(OCC(N)C(=O)O)c1C. The van der Waals surface area contributed by atoms with Gasteiger partial charge in [0.25, 0.3) is 0 Å². The largest absolute Gasteiger partial charge is 0.491 e. The third-order valence-electron chi connectivity index (χ3n) is 2.29. The number of carboxylic acid groups (broad SMARTS) is 1. The summed E-state index contributed by atoms with van der Waals surface area (Å²) >= 11 is 0. The molecule has 1 rings (SSSR count). The summed E-state index contributed by atoms with van der Waals surface area (Å²) in [4.78, 5) is 10.5. The van der Waals surface area contributed by atoms with Crippen molar-refractivity contribution in [1.29, 1.82) is 0 Å². The summed E-state index contributed by atoms with van der Waals surface area (Å²) in [5.41, 5.74) is 7.45. The first-order valence-electron chi connectivity index (χ1n) is 4.69. The van der Waals surface area contributed by atoms with Crippen molar-refractivity contribution < 1.29 is 14.6 Å². The fourth-order valence-electron chi connectivity index (χ4n) is 1.13. The summed E-state index contributed by atoms with van der Waals surface area (Å²) in [6.45, 7) is 3.88. The van der Waals surface area contributed by atoms with E-state index in [0.717, 1.165) is 11.1 Å². The molecule has 3 N–H and O–H groups in total. The van der Waals surface area contributed by atoms with E-state index in [1.165, 1.54) is 0 Å². The van der Waals surface area contributed by atoms with Crippen molar-refractivity contribution in [2.75, 3.05) is 6.61 Å². The van der Waals surface area contributed by atoms with Gasteiger partial charge in [-0.05, 0) is 31.0 Å². The van der Waals surface area contributed by atoms with Crippen LogP contribution in [0.4, 0.5) is 0 Å². The lowest BCUT2D eigenvalue weighted by Gasteiger charge is -2.12. The summed E-state index contributed by atoms with van der Waals surface area (Å²) in [6.07, 6.45) is 0. The highest BCUT2D eigenvalue weighted by Gasteiger charge is 2.12. The minimum atomic E-state index is -1.06. The Labute approximate surface area is 88.7 Å². The molecule has 1 atom stereocenters. The van der Waals surface area contributed by atoms with Crippen molar-refractivity contribution in [3.63, 3.8) is 0 Å². The van der Waals surface area contributed by atoms with Crippen LogP contribution in [0.5, 0.6) is 5.75 Å². The van der Waals surface area contributed by atoms with Gasteiger partial charge in [0.2, 0.25) is 0 Å². The molecule has 82 valence electrons. The fourth-order valence-corrected chi connectivity index (χ4v) is 1.13. The van der Waals surface area contributed by atoms with Gasteiger partial charge >= 0.3 is 5.97 Å². The topological polar surface area (TPSA) is 72.5 Å². The molecule has 0 fully saturated rings. The predicted molar refractivity (Wildman–Crippen MR) is 57.0 cm³/mol. The van der Waals surface area contributed by atoms with E-state index in [1.54, 1.807) is 6.07 Å². The lowest BCUT2D eigenvalue weighted by molar-refractivity contribution is -0.139. The van der Waals surface area contributed by atoms with Crippen LogP contribution in [0.15, 0.2) is 18.2 Å². The zero-order chi connectivity index (χ0) is 11.4. The number of benzene rings is 1. The Hall–Kier alpha value is -1.55. The van der Waals surface area contributed by atoms with Crippen molar-refractivity contribution in [2.45, 2.75) is 19.9 Å². The molecule has 15 heavy (non-hydrogen) atoms. The van der Waals surface area contributed by atoms with Crippen molar-refractivity contribution in [3.05, 3.63) is 29.3 Å². The Bertz CT molecular complexity index is 363. The molecule has 1 unspecified atom stereocenters. The quantitative estimate of drug-likeness (QED) is 0.778. The highest BCUT2D eigenvalue weighted by Crippen LogP contribution is 2.20. The number of hydrogen-bond donors (Lipinski definition) is 2. The molecule has 1 aromatic carbocycles. The number of aliphatic carboxylic acids is 1. The molecule has 0 bridgehead atoms. The Kier molecular flexibility index (Phi) is 3.68. The Balaban J connectivity index is 2.66. The van der Waals surface area contributed by atoms with E-state index in [4.69, 9.17) is 15.6 Å². The van der Waals surface area contributed by atoms with Crippen LogP contribution >= 0.6 is 0 Å². The molecule has 0 aliphatic carbocycles. The third-order valence-corrected chi connectivity index (χ3v) is 2.29. The van der Waals surface area contributed by atoms with E-state index >= 15 is 0 Å². The average molecular weight is 209 g/mol. The number of carbonyl (C=O) groups is 1. The Morgan fingerprint density at radius 2 is 2.20 bits per heavy atom. The normalized spacial score (nSPS) is 12.2. The first-order valence-corrected chi connectivity index (χ1v) is 4.69. The van der Waals surface area contributed by atoms with E-state index in [0.29, 0.717) is 5.75 Å². The number of rotatable bonds is 4. The van der Waals surface area contributed by atoms with Crippen molar-refractivity contribution in [2.24, 2.45) is 5.73 Å². The maximum absolute atomic E-state index is 10.5. The number of hydrogen-bond acceptors (Lipinski definition) is 3. The molecule has 0 aromatic heterocycles. The van der Waals surface area contributed by atoms with Crippen LogP contribution in [0.3, 0.4) is 0 Å². The molecule has 0 saturated heterocycles. The van der Waals surface area contributed by atoms with E-state index < -0.39 is 12.0 Å². The van der Waals surface area contributed by atoms with E-state index in [-0.39, 0.29) is 6.61 Å².